The Morgan fingerprint density at radius 2 is 2.21 bits per heavy atom. The highest BCUT2D eigenvalue weighted by Crippen LogP contribution is 2.23. The number of hydrogen-bond donors (Lipinski definition) is 2. The third-order valence-electron chi connectivity index (χ3n) is 4.40. The van der Waals surface area contributed by atoms with Crippen molar-refractivity contribution >= 4 is 29.9 Å². The van der Waals surface area contributed by atoms with E-state index in [0.717, 1.165) is 49.1 Å². The summed E-state index contributed by atoms with van der Waals surface area (Å²) in [6, 6.07) is 8.08. The molecule has 0 aliphatic carbocycles. The molecule has 1 fully saturated rings. The second kappa shape index (κ2) is 11.9. The van der Waals surface area contributed by atoms with Crippen LogP contribution in [0.2, 0.25) is 0 Å². The van der Waals surface area contributed by atoms with E-state index in [-0.39, 0.29) is 24.0 Å². The smallest absolute Gasteiger partial charge is 0.191 e. The summed E-state index contributed by atoms with van der Waals surface area (Å²) >= 11 is 0. The number of hydrogen-bond acceptors (Lipinski definition) is 5. The molecule has 1 aromatic carbocycles. The van der Waals surface area contributed by atoms with Crippen molar-refractivity contribution in [1.82, 2.24) is 15.8 Å². The normalized spacial score (nSPS) is 16.5. The molecule has 2 N–H and O–H groups in total. The maximum atomic E-state index is 6.10. The SMILES string of the molecule is CCNC(=NCc1ccc(C)cc1OCC1CCOC1)NCc1ccon1.I. The van der Waals surface area contributed by atoms with Gasteiger partial charge in [-0.1, -0.05) is 17.3 Å². The van der Waals surface area contributed by atoms with Crippen LogP contribution in [0.4, 0.5) is 0 Å². The number of ether oxygens (including phenoxy) is 2. The molecule has 8 heteroatoms. The third-order valence-corrected chi connectivity index (χ3v) is 4.40. The number of nitrogens with zero attached hydrogens (tertiary/aromatic N) is 2. The van der Waals surface area contributed by atoms with Crippen molar-refractivity contribution < 1.29 is 14.0 Å². The van der Waals surface area contributed by atoms with Gasteiger partial charge in [0.2, 0.25) is 0 Å². The van der Waals surface area contributed by atoms with Gasteiger partial charge in [0.05, 0.1) is 26.3 Å². The van der Waals surface area contributed by atoms with Crippen LogP contribution >= 0.6 is 24.0 Å². The van der Waals surface area contributed by atoms with E-state index in [0.29, 0.717) is 25.6 Å². The molecule has 154 valence electrons. The molecule has 1 aliphatic rings. The van der Waals surface area contributed by atoms with E-state index >= 15 is 0 Å². The third kappa shape index (κ3) is 6.97. The predicted molar refractivity (Wildman–Crippen MR) is 119 cm³/mol. The molecule has 1 unspecified atom stereocenters. The fourth-order valence-electron chi connectivity index (χ4n) is 2.86. The molecule has 1 saturated heterocycles. The lowest BCUT2D eigenvalue weighted by molar-refractivity contribution is 0.166. The number of nitrogens with one attached hydrogen (secondary N) is 2. The quantitative estimate of drug-likeness (QED) is 0.329. The van der Waals surface area contributed by atoms with E-state index < -0.39 is 0 Å². The molecule has 28 heavy (non-hydrogen) atoms. The van der Waals surface area contributed by atoms with Crippen LogP contribution in [-0.2, 0) is 17.8 Å². The minimum absolute atomic E-state index is 0. The Morgan fingerprint density at radius 1 is 1.32 bits per heavy atom. The van der Waals surface area contributed by atoms with Crippen molar-refractivity contribution in [2.75, 3.05) is 26.4 Å². The first-order valence-corrected chi connectivity index (χ1v) is 9.46. The second-order valence-electron chi connectivity index (χ2n) is 6.69. The zero-order chi connectivity index (χ0) is 18.9. The molecule has 2 heterocycles. The van der Waals surface area contributed by atoms with E-state index in [1.807, 2.05) is 13.0 Å². The number of halogens is 1. The van der Waals surface area contributed by atoms with Crippen molar-refractivity contribution in [1.29, 1.82) is 0 Å². The van der Waals surface area contributed by atoms with Gasteiger partial charge in [0.25, 0.3) is 0 Å². The Morgan fingerprint density at radius 3 is 2.93 bits per heavy atom. The van der Waals surface area contributed by atoms with Crippen LogP contribution < -0.4 is 15.4 Å². The zero-order valence-electron chi connectivity index (χ0n) is 16.4. The van der Waals surface area contributed by atoms with Crippen LogP contribution in [-0.4, -0.2) is 37.5 Å². The molecular weight excluding hydrogens is 471 g/mol. The van der Waals surface area contributed by atoms with E-state index in [2.05, 4.69) is 45.9 Å². The lowest BCUT2D eigenvalue weighted by Crippen LogP contribution is -2.36. The minimum Gasteiger partial charge on any atom is -0.493 e. The van der Waals surface area contributed by atoms with Gasteiger partial charge in [-0.2, -0.15) is 0 Å². The van der Waals surface area contributed by atoms with E-state index in [4.69, 9.17) is 14.0 Å². The average molecular weight is 500 g/mol. The van der Waals surface area contributed by atoms with Crippen LogP contribution in [0.5, 0.6) is 5.75 Å². The molecule has 0 spiro atoms. The lowest BCUT2D eigenvalue weighted by Gasteiger charge is -2.15. The van der Waals surface area contributed by atoms with Gasteiger partial charge in [0.1, 0.15) is 17.7 Å². The molecule has 1 aliphatic heterocycles. The minimum atomic E-state index is 0. The maximum absolute atomic E-state index is 6.10. The predicted octanol–water partition coefficient (Wildman–Crippen LogP) is 3.27. The molecule has 1 atom stereocenters. The number of aryl methyl sites for hydroxylation is 1. The topological polar surface area (TPSA) is 80.9 Å². The molecule has 3 rings (SSSR count). The lowest BCUT2D eigenvalue weighted by atomic mass is 10.1. The molecule has 0 amide bonds. The summed E-state index contributed by atoms with van der Waals surface area (Å²) in [4.78, 5) is 4.68. The summed E-state index contributed by atoms with van der Waals surface area (Å²) in [5, 5.41) is 10.4. The Labute approximate surface area is 183 Å². The molecule has 1 aromatic heterocycles. The van der Waals surface area contributed by atoms with Gasteiger partial charge in [0, 0.05) is 30.7 Å². The molecule has 0 saturated carbocycles. The highest BCUT2D eigenvalue weighted by Gasteiger charge is 2.17. The average Bonchev–Trinajstić information content (AvgIpc) is 3.37. The first-order valence-electron chi connectivity index (χ1n) is 9.46. The summed E-state index contributed by atoms with van der Waals surface area (Å²) in [7, 11) is 0. The monoisotopic (exact) mass is 500 g/mol. The maximum Gasteiger partial charge on any atom is 0.191 e. The largest absolute Gasteiger partial charge is 0.493 e. The highest BCUT2D eigenvalue weighted by atomic mass is 127. The summed E-state index contributed by atoms with van der Waals surface area (Å²) in [5.41, 5.74) is 3.08. The van der Waals surface area contributed by atoms with Crippen LogP contribution in [0, 0.1) is 12.8 Å². The first kappa shape index (κ1) is 22.5. The summed E-state index contributed by atoms with van der Waals surface area (Å²) in [6.07, 6.45) is 2.63. The van der Waals surface area contributed by atoms with Gasteiger partial charge in [0.15, 0.2) is 5.96 Å². The molecule has 2 aromatic rings. The van der Waals surface area contributed by atoms with Gasteiger partial charge >= 0.3 is 0 Å². The fourth-order valence-corrected chi connectivity index (χ4v) is 2.86. The van der Waals surface area contributed by atoms with Crippen LogP contribution in [0.3, 0.4) is 0 Å². The Bertz CT molecular complexity index is 731. The van der Waals surface area contributed by atoms with E-state index in [9.17, 15) is 0 Å². The van der Waals surface area contributed by atoms with Crippen molar-refractivity contribution in [3.05, 3.63) is 47.3 Å². The number of guanidine groups is 1. The van der Waals surface area contributed by atoms with Crippen LogP contribution in [0.15, 0.2) is 40.0 Å². The summed E-state index contributed by atoms with van der Waals surface area (Å²) in [5.74, 6) is 2.11. The van der Waals surface area contributed by atoms with Gasteiger partial charge in [-0.3, -0.25) is 0 Å². The standard InChI is InChI=1S/C20H28N4O3.HI/c1-3-21-20(23-12-18-7-9-27-24-18)22-11-17-5-4-15(2)10-19(17)26-14-16-6-8-25-13-16;/h4-5,7,9-10,16H,3,6,8,11-14H2,1-2H3,(H2,21,22,23);1H. The molecule has 0 radical (unpaired) electrons. The van der Waals surface area contributed by atoms with E-state index in [1.54, 1.807) is 6.26 Å². The van der Waals surface area contributed by atoms with Crippen molar-refractivity contribution in [3.8, 4) is 5.75 Å². The fraction of sp³-hybridized carbons (Fsp3) is 0.500. The molecule has 0 bridgehead atoms. The Kier molecular flexibility index (Phi) is 9.56. The second-order valence-corrected chi connectivity index (χ2v) is 6.69. The number of aromatic nitrogens is 1. The number of benzene rings is 1. The summed E-state index contributed by atoms with van der Waals surface area (Å²) < 4.78 is 16.4. The van der Waals surface area contributed by atoms with E-state index in [1.165, 1.54) is 5.56 Å². The zero-order valence-corrected chi connectivity index (χ0v) is 18.8. The summed E-state index contributed by atoms with van der Waals surface area (Å²) in [6.45, 7) is 8.29. The van der Waals surface area contributed by atoms with Gasteiger partial charge in [-0.05, 0) is 31.9 Å². The van der Waals surface area contributed by atoms with Crippen molar-refractivity contribution in [3.63, 3.8) is 0 Å². The van der Waals surface area contributed by atoms with Crippen LogP contribution in [0.25, 0.3) is 0 Å². The van der Waals surface area contributed by atoms with Crippen molar-refractivity contribution in [2.45, 2.75) is 33.4 Å². The number of aliphatic imine (C=N–C) groups is 1. The van der Waals surface area contributed by atoms with Crippen molar-refractivity contribution in [2.24, 2.45) is 10.9 Å². The van der Waals surface area contributed by atoms with Gasteiger partial charge < -0.3 is 24.6 Å². The highest BCUT2D eigenvalue weighted by molar-refractivity contribution is 14.0. The number of rotatable bonds is 8. The molecule has 7 nitrogen and oxygen atoms in total. The van der Waals surface area contributed by atoms with Gasteiger partial charge in [-0.15, -0.1) is 24.0 Å². The Balaban J connectivity index is 0.00000280. The van der Waals surface area contributed by atoms with Crippen LogP contribution in [0.1, 0.15) is 30.2 Å². The van der Waals surface area contributed by atoms with Gasteiger partial charge in [-0.25, -0.2) is 4.99 Å². The molecular formula is C20H29IN4O3. The Hall–Kier alpha value is -1.81. The first-order chi connectivity index (χ1) is 13.2.